The third-order valence-corrected chi connectivity index (χ3v) is 2.77. The first-order chi connectivity index (χ1) is 4.77. The van der Waals surface area contributed by atoms with Gasteiger partial charge < -0.3 is 5.73 Å². The standard InChI is InChI=1S/C6H9N3S/c1-3-2-4(3)5-8-9-6(7)10-5/h3-4H,2H2,1H3,(H2,7,9)/t3-,4+/m0/s1. The van der Waals surface area contributed by atoms with Crippen LogP contribution in [0.2, 0.25) is 0 Å². The molecule has 2 atom stereocenters. The minimum atomic E-state index is 0.592. The molecule has 1 saturated carbocycles. The van der Waals surface area contributed by atoms with Crippen LogP contribution in [0.15, 0.2) is 0 Å². The fraction of sp³-hybridized carbons (Fsp3) is 0.667. The van der Waals surface area contributed by atoms with Crippen molar-refractivity contribution in [3.63, 3.8) is 0 Å². The van der Waals surface area contributed by atoms with E-state index in [4.69, 9.17) is 5.73 Å². The van der Waals surface area contributed by atoms with Crippen molar-refractivity contribution in [2.45, 2.75) is 19.3 Å². The molecule has 0 amide bonds. The molecule has 3 nitrogen and oxygen atoms in total. The van der Waals surface area contributed by atoms with E-state index in [2.05, 4.69) is 17.1 Å². The Morgan fingerprint density at radius 1 is 1.60 bits per heavy atom. The highest BCUT2D eigenvalue weighted by atomic mass is 32.1. The average molecular weight is 155 g/mol. The van der Waals surface area contributed by atoms with Crippen LogP contribution in [0.4, 0.5) is 5.13 Å². The Labute approximate surface area is 63.3 Å². The highest BCUT2D eigenvalue weighted by molar-refractivity contribution is 7.15. The van der Waals surface area contributed by atoms with Gasteiger partial charge in [-0.3, -0.25) is 0 Å². The van der Waals surface area contributed by atoms with Crippen LogP contribution in [0.1, 0.15) is 24.3 Å². The van der Waals surface area contributed by atoms with Crippen molar-refractivity contribution in [1.29, 1.82) is 0 Å². The van der Waals surface area contributed by atoms with Crippen LogP contribution in [0.3, 0.4) is 0 Å². The number of rotatable bonds is 1. The molecule has 0 aliphatic heterocycles. The van der Waals surface area contributed by atoms with Gasteiger partial charge in [0.25, 0.3) is 0 Å². The lowest BCUT2D eigenvalue weighted by atomic mass is 10.4. The van der Waals surface area contributed by atoms with Gasteiger partial charge in [-0.15, -0.1) is 10.2 Å². The highest BCUT2D eigenvalue weighted by Crippen LogP contribution is 2.47. The second-order valence-corrected chi connectivity index (χ2v) is 3.84. The fourth-order valence-electron chi connectivity index (χ4n) is 1.06. The number of nitrogens with two attached hydrogens (primary N) is 1. The van der Waals surface area contributed by atoms with Crippen LogP contribution in [-0.4, -0.2) is 10.2 Å². The zero-order chi connectivity index (χ0) is 7.14. The van der Waals surface area contributed by atoms with Gasteiger partial charge in [0.15, 0.2) is 0 Å². The number of anilines is 1. The smallest absolute Gasteiger partial charge is 0.203 e. The molecule has 2 N–H and O–H groups in total. The molecule has 0 spiro atoms. The number of nitrogens with zero attached hydrogens (tertiary/aromatic N) is 2. The predicted molar refractivity (Wildman–Crippen MR) is 40.8 cm³/mol. The summed E-state index contributed by atoms with van der Waals surface area (Å²) in [5, 5.41) is 9.44. The molecule has 1 aliphatic carbocycles. The lowest BCUT2D eigenvalue weighted by Gasteiger charge is -1.82. The third-order valence-electron chi connectivity index (χ3n) is 1.88. The Bertz CT molecular complexity index is 245. The average Bonchev–Trinajstić information content (AvgIpc) is 2.42. The van der Waals surface area contributed by atoms with Crippen molar-refractivity contribution in [3.8, 4) is 0 Å². The Morgan fingerprint density at radius 2 is 2.30 bits per heavy atom. The Morgan fingerprint density at radius 3 is 2.70 bits per heavy atom. The molecule has 1 aliphatic rings. The van der Waals surface area contributed by atoms with Gasteiger partial charge in [0, 0.05) is 5.92 Å². The summed E-state index contributed by atoms with van der Waals surface area (Å²) in [7, 11) is 0. The fourth-order valence-corrected chi connectivity index (χ4v) is 1.92. The molecule has 10 heavy (non-hydrogen) atoms. The second kappa shape index (κ2) is 1.92. The van der Waals surface area contributed by atoms with Crippen molar-refractivity contribution in [2.75, 3.05) is 5.73 Å². The van der Waals surface area contributed by atoms with E-state index in [1.54, 1.807) is 0 Å². The van der Waals surface area contributed by atoms with E-state index >= 15 is 0 Å². The first-order valence-electron chi connectivity index (χ1n) is 3.36. The van der Waals surface area contributed by atoms with Gasteiger partial charge in [-0.1, -0.05) is 18.3 Å². The normalized spacial score (nSPS) is 30.5. The maximum atomic E-state index is 5.43. The molecule has 0 unspecified atom stereocenters. The van der Waals surface area contributed by atoms with Gasteiger partial charge in [-0.25, -0.2) is 0 Å². The van der Waals surface area contributed by atoms with Crippen molar-refractivity contribution in [3.05, 3.63) is 5.01 Å². The highest BCUT2D eigenvalue weighted by Gasteiger charge is 2.36. The van der Waals surface area contributed by atoms with E-state index < -0.39 is 0 Å². The Balaban J connectivity index is 2.20. The Kier molecular flexibility index (Phi) is 1.17. The van der Waals surface area contributed by atoms with Crippen LogP contribution in [0, 0.1) is 5.92 Å². The van der Waals surface area contributed by atoms with E-state index in [0.29, 0.717) is 11.0 Å². The Hall–Kier alpha value is -0.640. The van der Waals surface area contributed by atoms with Crippen molar-refractivity contribution >= 4 is 16.5 Å². The minimum absolute atomic E-state index is 0.592. The molecule has 1 heterocycles. The molecule has 0 saturated heterocycles. The van der Waals surface area contributed by atoms with E-state index in [-0.39, 0.29) is 0 Å². The summed E-state index contributed by atoms with van der Waals surface area (Å²) in [6.45, 7) is 2.22. The first kappa shape index (κ1) is 6.09. The molecule has 54 valence electrons. The number of hydrogen-bond acceptors (Lipinski definition) is 4. The molecule has 2 rings (SSSR count). The molecule has 0 radical (unpaired) electrons. The summed E-state index contributed by atoms with van der Waals surface area (Å²) in [4.78, 5) is 0. The molecule has 0 aromatic carbocycles. The zero-order valence-electron chi connectivity index (χ0n) is 5.74. The van der Waals surface area contributed by atoms with Gasteiger partial charge in [-0.2, -0.15) is 0 Å². The van der Waals surface area contributed by atoms with Gasteiger partial charge >= 0.3 is 0 Å². The molecule has 1 aromatic heterocycles. The molecular weight excluding hydrogens is 146 g/mol. The van der Waals surface area contributed by atoms with E-state index in [1.807, 2.05) is 0 Å². The topological polar surface area (TPSA) is 51.8 Å². The van der Waals surface area contributed by atoms with Gasteiger partial charge in [-0.05, 0) is 12.3 Å². The predicted octanol–water partition coefficient (Wildman–Crippen LogP) is 1.24. The largest absolute Gasteiger partial charge is 0.374 e. The summed E-state index contributed by atoms with van der Waals surface area (Å²) in [5.41, 5.74) is 5.43. The van der Waals surface area contributed by atoms with Crippen molar-refractivity contribution in [1.82, 2.24) is 10.2 Å². The molecular formula is C6H9N3S. The lowest BCUT2D eigenvalue weighted by Crippen LogP contribution is -1.80. The molecule has 4 heteroatoms. The SMILES string of the molecule is C[C@H]1C[C@H]1c1nnc(N)s1. The van der Waals surface area contributed by atoms with Gasteiger partial charge in [0.05, 0.1) is 0 Å². The van der Waals surface area contributed by atoms with Crippen molar-refractivity contribution < 1.29 is 0 Å². The van der Waals surface area contributed by atoms with Crippen LogP contribution >= 0.6 is 11.3 Å². The van der Waals surface area contributed by atoms with E-state index in [9.17, 15) is 0 Å². The summed E-state index contributed by atoms with van der Waals surface area (Å²) in [6, 6.07) is 0. The van der Waals surface area contributed by atoms with Crippen LogP contribution in [-0.2, 0) is 0 Å². The monoisotopic (exact) mass is 155 g/mol. The summed E-state index contributed by atoms with van der Waals surface area (Å²) in [6.07, 6.45) is 1.26. The first-order valence-corrected chi connectivity index (χ1v) is 4.18. The van der Waals surface area contributed by atoms with Gasteiger partial charge in [0.2, 0.25) is 5.13 Å². The zero-order valence-corrected chi connectivity index (χ0v) is 6.56. The molecule has 0 bridgehead atoms. The number of nitrogen functional groups attached to an aromatic ring is 1. The quantitative estimate of drug-likeness (QED) is 0.664. The third kappa shape index (κ3) is 0.883. The van der Waals surface area contributed by atoms with E-state index in [1.165, 1.54) is 17.8 Å². The molecule has 1 aromatic rings. The molecule has 1 fully saturated rings. The maximum Gasteiger partial charge on any atom is 0.203 e. The van der Waals surface area contributed by atoms with Crippen LogP contribution in [0.5, 0.6) is 0 Å². The summed E-state index contributed by atoms with van der Waals surface area (Å²) < 4.78 is 0. The summed E-state index contributed by atoms with van der Waals surface area (Å²) >= 11 is 1.52. The maximum absolute atomic E-state index is 5.43. The van der Waals surface area contributed by atoms with Crippen LogP contribution in [0.25, 0.3) is 0 Å². The van der Waals surface area contributed by atoms with Gasteiger partial charge in [0.1, 0.15) is 5.01 Å². The minimum Gasteiger partial charge on any atom is -0.374 e. The lowest BCUT2D eigenvalue weighted by molar-refractivity contribution is 0.882. The van der Waals surface area contributed by atoms with Crippen molar-refractivity contribution in [2.24, 2.45) is 5.92 Å². The summed E-state index contributed by atoms with van der Waals surface area (Å²) in [5.74, 6) is 1.46. The second-order valence-electron chi connectivity index (χ2n) is 2.80. The number of hydrogen-bond donors (Lipinski definition) is 1. The van der Waals surface area contributed by atoms with Crippen LogP contribution < -0.4 is 5.73 Å². The number of aromatic nitrogens is 2. The van der Waals surface area contributed by atoms with E-state index in [0.717, 1.165) is 10.9 Å².